The first-order chi connectivity index (χ1) is 10.2. The molecule has 116 valence electrons. The van der Waals surface area contributed by atoms with Gasteiger partial charge in [-0.15, -0.1) is 0 Å². The molecule has 1 aliphatic heterocycles. The summed E-state index contributed by atoms with van der Waals surface area (Å²) in [5.41, 5.74) is 1.17. The fraction of sp³-hybridized carbons (Fsp3) is 0.562. The number of rotatable bonds is 5. The van der Waals surface area contributed by atoms with Crippen LogP contribution in [0.1, 0.15) is 24.8 Å². The van der Waals surface area contributed by atoms with E-state index in [1.807, 2.05) is 17.0 Å². The van der Waals surface area contributed by atoms with Gasteiger partial charge in [0.1, 0.15) is 5.82 Å². The average Bonchev–Trinajstić information content (AvgIpc) is 2.53. The van der Waals surface area contributed by atoms with Crippen molar-refractivity contribution < 1.29 is 9.18 Å². The Morgan fingerprint density at radius 2 is 2.14 bits per heavy atom. The van der Waals surface area contributed by atoms with E-state index in [4.69, 9.17) is 0 Å². The lowest BCUT2D eigenvalue weighted by atomic mass is 10.0. The van der Waals surface area contributed by atoms with Crippen LogP contribution in [-0.2, 0) is 6.42 Å². The van der Waals surface area contributed by atoms with Gasteiger partial charge in [-0.25, -0.2) is 9.18 Å². The topological polar surface area (TPSA) is 44.4 Å². The number of amides is 2. The molecule has 0 saturated carbocycles. The van der Waals surface area contributed by atoms with E-state index in [1.54, 1.807) is 7.05 Å². The van der Waals surface area contributed by atoms with Crippen LogP contribution in [0.4, 0.5) is 9.18 Å². The highest BCUT2D eigenvalue weighted by Gasteiger charge is 2.25. The molecule has 1 aromatic rings. The molecule has 0 aliphatic carbocycles. The van der Waals surface area contributed by atoms with Crippen LogP contribution in [0, 0.1) is 5.82 Å². The first-order valence-electron chi connectivity index (χ1n) is 7.64. The standard InChI is InChI=1S/C16H24FN3O/c1-18-16(21)20-11-10-19-12-15(20)5-3-2-4-13-6-8-14(17)9-7-13/h6-9,15,19H,2-5,10-12H2,1H3,(H,18,21). The fourth-order valence-electron chi connectivity index (χ4n) is 2.79. The SMILES string of the molecule is CNC(=O)N1CCNCC1CCCCc1ccc(F)cc1. The van der Waals surface area contributed by atoms with Crippen molar-refractivity contribution in [3.8, 4) is 0 Å². The van der Waals surface area contributed by atoms with Gasteiger partial charge < -0.3 is 15.5 Å². The summed E-state index contributed by atoms with van der Waals surface area (Å²) < 4.78 is 12.8. The van der Waals surface area contributed by atoms with E-state index in [1.165, 1.54) is 17.7 Å². The van der Waals surface area contributed by atoms with E-state index in [0.29, 0.717) is 0 Å². The van der Waals surface area contributed by atoms with E-state index in [-0.39, 0.29) is 17.9 Å². The Morgan fingerprint density at radius 3 is 2.86 bits per heavy atom. The van der Waals surface area contributed by atoms with Crippen LogP contribution in [0.5, 0.6) is 0 Å². The normalized spacial score (nSPS) is 18.6. The number of aryl methyl sites for hydroxylation is 1. The quantitative estimate of drug-likeness (QED) is 0.817. The number of carbonyl (C=O) groups excluding carboxylic acids is 1. The molecule has 2 N–H and O–H groups in total. The second-order valence-corrected chi connectivity index (χ2v) is 5.48. The lowest BCUT2D eigenvalue weighted by Gasteiger charge is -2.36. The molecule has 0 spiro atoms. The number of hydrogen-bond donors (Lipinski definition) is 2. The molecule has 1 atom stereocenters. The Morgan fingerprint density at radius 1 is 1.38 bits per heavy atom. The van der Waals surface area contributed by atoms with E-state index in [0.717, 1.165) is 45.3 Å². The largest absolute Gasteiger partial charge is 0.341 e. The molecule has 0 radical (unpaired) electrons. The zero-order valence-corrected chi connectivity index (χ0v) is 12.6. The van der Waals surface area contributed by atoms with Gasteiger partial charge >= 0.3 is 6.03 Å². The third kappa shape index (κ3) is 4.70. The Kier molecular flexibility index (Phi) is 5.99. The minimum atomic E-state index is -0.187. The molecule has 2 rings (SSSR count). The second kappa shape index (κ2) is 7.98. The third-order valence-corrected chi connectivity index (χ3v) is 3.99. The number of unbranched alkanes of at least 4 members (excludes halogenated alkanes) is 1. The molecule has 5 heteroatoms. The molecule has 1 fully saturated rings. The summed E-state index contributed by atoms with van der Waals surface area (Å²) >= 11 is 0. The van der Waals surface area contributed by atoms with Crippen LogP contribution in [0.3, 0.4) is 0 Å². The summed E-state index contributed by atoms with van der Waals surface area (Å²) in [7, 11) is 1.68. The zero-order chi connectivity index (χ0) is 15.1. The number of hydrogen-bond acceptors (Lipinski definition) is 2. The number of halogens is 1. The minimum absolute atomic E-state index is 0.0139. The van der Waals surface area contributed by atoms with E-state index < -0.39 is 0 Å². The zero-order valence-electron chi connectivity index (χ0n) is 12.6. The maximum atomic E-state index is 12.8. The van der Waals surface area contributed by atoms with Gasteiger partial charge in [0.25, 0.3) is 0 Å². The van der Waals surface area contributed by atoms with Gasteiger partial charge in [-0.3, -0.25) is 0 Å². The molecular weight excluding hydrogens is 269 g/mol. The molecule has 1 saturated heterocycles. The fourth-order valence-corrected chi connectivity index (χ4v) is 2.79. The highest BCUT2D eigenvalue weighted by atomic mass is 19.1. The van der Waals surface area contributed by atoms with Crippen molar-refractivity contribution in [1.29, 1.82) is 0 Å². The smallest absolute Gasteiger partial charge is 0.317 e. The number of nitrogens with one attached hydrogen (secondary N) is 2. The van der Waals surface area contributed by atoms with Crippen molar-refractivity contribution in [3.63, 3.8) is 0 Å². The highest BCUT2D eigenvalue weighted by Crippen LogP contribution is 2.14. The van der Waals surface area contributed by atoms with Crippen molar-refractivity contribution in [2.75, 3.05) is 26.7 Å². The summed E-state index contributed by atoms with van der Waals surface area (Å²) in [6, 6.07) is 6.98. The maximum Gasteiger partial charge on any atom is 0.317 e. The number of nitrogens with zero attached hydrogens (tertiary/aromatic N) is 1. The van der Waals surface area contributed by atoms with Crippen LogP contribution >= 0.6 is 0 Å². The molecule has 0 bridgehead atoms. The minimum Gasteiger partial charge on any atom is -0.341 e. The van der Waals surface area contributed by atoms with Gasteiger partial charge in [0.15, 0.2) is 0 Å². The van der Waals surface area contributed by atoms with Crippen molar-refractivity contribution in [3.05, 3.63) is 35.6 Å². The summed E-state index contributed by atoms with van der Waals surface area (Å²) in [6.07, 6.45) is 4.09. The first kappa shape index (κ1) is 15.8. The van der Waals surface area contributed by atoms with E-state index >= 15 is 0 Å². The predicted molar refractivity (Wildman–Crippen MR) is 81.8 cm³/mol. The number of carbonyl (C=O) groups is 1. The summed E-state index contributed by atoms with van der Waals surface area (Å²) in [5.74, 6) is -0.187. The first-order valence-corrected chi connectivity index (χ1v) is 7.64. The van der Waals surface area contributed by atoms with Crippen LogP contribution in [0.25, 0.3) is 0 Å². The van der Waals surface area contributed by atoms with Gasteiger partial charge in [0.05, 0.1) is 0 Å². The number of piperazine rings is 1. The third-order valence-electron chi connectivity index (χ3n) is 3.99. The van der Waals surface area contributed by atoms with Gasteiger partial charge in [-0.05, 0) is 37.0 Å². The van der Waals surface area contributed by atoms with Gasteiger partial charge in [-0.1, -0.05) is 18.6 Å². The lowest BCUT2D eigenvalue weighted by molar-refractivity contribution is 0.154. The Labute approximate surface area is 125 Å². The Bertz CT molecular complexity index is 449. The number of urea groups is 1. The molecule has 1 aliphatic rings. The van der Waals surface area contributed by atoms with Crippen LogP contribution in [0.2, 0.25) is 0 Å². The predicted octanol–water partition coefficient (Wildman–Crippen LogP) is 2.15. The molecule has 1 heterocycles. The Balaban J connectivity index is 1.73. The monoisotopic (exact) mass is 293 g/mol. The van der Waals surface area contributed by atoms with Crippen LogP contribution in [-0.4, -0.2) is 43.7 Å². The molecule has 1 aromatic carbocycles. The van der Waals surface area contributed by atoms with E-state index in [2.05, 4.69) is 10.6 Å². The molecule has 2 amide bonds. The second-order valence-electron chi connectivity index (χ2n) is 5.48. The van der Waals surface area contributed by atoms with Crippen LogP contribution < -0.4 is 10.6 Å². The van der Waals surface area contributed by atoms with Crippen molar-refractivity contribution in [1.82, 2.24) is 15.5 Å². The lowest BCUT2D eigenvalue weighted by Crippen LogP contribution is -2.55. The molecule has 1 unspecified atom stereocenters. The maximum absolute atomic E-state index is 12.8. The molecule has 0 aromatic heterocycles. The van der Waals surface area contributed by atoms with Crippen molar-refractivity contribution in [2.24, 2.45) is 0 Å². The van der Waals surface area contributed by atoms with Crippen LogP contribution in [0.15, 0.2) is 24.3 Å². The number of benzene rings is 1. The molecule has 4 nitrogen and oxygen atoms in total. The average molecular weight is 293 g/mol. The van der Waals surface area contributed by atoms with Gasteiger partial charge in [0.2, 0.25) is 0 Å². The highest BCUT2D eigenvalue weighted by molar-refractivity contribution is 5.74. The van der Waals surface area contributed by atoms with Gasteiger partial charge in [0, 0.05) is 32.7 Å². The molecule has 21 heavy (non-hydrogen) atoms. The Hall–Kier alpha value is -1.62. The summed E-state index contributed by atoms with van der Waals surface area (Å²) in [6.45, 7) is 2.49. The van der Waals surface area contributed by atoms with Crippen molar-refractivity contribution >= 4 is 6.03 Å². The van der Waals surface area contributed by atoms with Gasteiger partial charge in [-0.2, -0.15) is 0 Å². The molecular formula is C16H24FN3O. The van der Waals surface area contributed by atoms with Crippen molar-refractivity contribution in [2.45, 2.75) is 31.7 Å². The summed E-state index contributed by atoms with van der Waals surface area (Å²) in [5, 5.41) is 6.06. The summed E-state index contributed by atoms with van der Waals surface area (Å²) in [4.78, 5) is 13.7. The van der Waals surface area contributed by atoms with E-state index in [9.17, 15) is 9.18 Å².